The molecule has 40 valence electrons. The van der Waals surface area contributed by atoms with Gasteiger partial charge in [0.2, 0.25) is 0 Å². The molecule has 1 heterocycles. The van der Waals surface area contributed by atoms with E-state index in [1.54, 1.807) is 11.9 Å². The van der Waals surface area contributed by atoms with Gasteiger partial charge in [-0.25, -0.2) is 0 Å². The molecule has 0 aromatic carbocycles. The van der Waals surface area contributed by atoms with Gasteiger partial charge in [0.1, 0.15) is 6.04 Å². The quantitative estimate of drug-likeness (QED) is 0.448. The molecular formula is C4H7NO2. The Kier molecular flexibility index (Phi) is 0.785. The van der Waals surface area contributed by atoms with Crippen LogP contribution in [0.4, 0.5) is 0 Å². The molecule has 0 bridgehead atoms. The van der Waals surface area contributed by atoms with Crippen molar-refractivity contribution in [3.8, 4) is 0 Å². The summed E-state index contributed by atoms with van der Waals surface area (Å²) in [5.74, 6) is -0.706. The minimum atomic E-state index is -0.706. The molecule has 2 unspecified atom stereocenters. The Morgan fingerprint density at radius 1 is 2.00 bits per heavy atom. The van der Waals surface area contributed by atoms with Crippen molar-refractivity contribution in [2.75, 3.05) is 13.6 Å². The van der Waals surface area contributed by atoms with Crippen LogP contribution in [0.25, 0.3) is 0 Å². The monoisotopic (exact) mass is 101 g/mol. The largest absolute Gasteiger partial charge is 0.480 e. The van der Waals surface area contributed by atoms with E-state index in [4.69, 9.17) is 5.11 Å². The van der Waals surface area contributed by atoms with Crippen molar-refractivity contribution >= 4 is 5.97 Å². The van der Waals surface area contributed by atoms with Gasteiger partial charge in [0.15, 0.2) is 0 Å². The molecular weight excluding hydrogens is 94.0 g/mol. The van der Waals surface area contributed by atoms with E-state index in [1.807, 2.05) is 0 Å². The van der Waals surface area contributed by atoms with Crippen molar-refractivity contribution in [3.63, 3.8) is 0 Å². The predicted molar refractivity (Wildman–Crippen MR) is 24.1 cm³/mol. The maximum atomic E-state index is 9.93. The van der Waals surface area contributed by atoms with E-state index >= 15 is 0 Å². The lowest BCUT2D eigenvalue weighted by Crippen LogP contribution is -2.08. The molecule has 0 amide bonds. The molecule has 3 nitrogen and oxygen atoms in total. The van der Waals surface area contributed by atoms with Crippen molar-refractivity contribution in [2.45, 2.75) is 6.04 Å². The molecule has 0 aliphatic carbocycles. The van der Waals surface area contributed by atoms with Gasteiger partial charge in [-0.1, -0.05) is 0 Å². The highest BCUT2D eigenvalue weighted by atomic mass is 16.4. The molecule has 0 aromatic rings. The molecule has 1 rings (SSSR count). The average Bonchev–Trinajstić information content (AvgIpc) is 2.17. The third kappa shape index (κ3) is 0.718. The summed E-state index contributed by atoms with van der Waals surface area (Å²) >= 11 is 0. The Labute approximate surface area is 41.5 Å². The third-order valence-corrected chi connectivity index (χ3v) is 1.14. The summed E-state index contributed by atoms with van der Waals surface area (Å²) in [6.45, 7) is 0.718. The highest BCUT2D eigenvalue weighted by Crippen LogP contribution is 2.11. The van der Waals surface area contributed by atoms with Gasteiger partial charge in [0.05, 0.1) is 0 Å². The van der Waals surface area contributed by atoms with Crippen LogP contribution in [0.1, 0.15) is 0 Å². The Morgan fingerprint density at radius 3 is 2.43 bits per heavy atom. The highest BCUT2D eigenvalue weighted by Gasteiger charge is 2.36. The van der Waals surface area contributed by atoms with Crippen LogP contribution in [0.5, 0.6) is 0 Å². The minimum absolute atomic E-state index is 0.181. The van der Waals surface area contributed by atoms with Crippen LogP contribution in [0.2, 0.25) is 0 Å². The zero-order chi connectivity index (χ0) is 5.44. The van der Waals surface area contributed by atoms with Gasteiger partial charge in [-0.05, 0) is 7.05 Å². The smallest absolute Gasteiger partial charge is 0.322 e. The molecule has 1 fully saturated rings. The molecule has 1 N–H and O–H groups in total. The average molecular weight is 101 g/mol. The van der Waals surface area contributed by atoms with Gasteiger partial charge in [-0.15, -0.1) is 0 Å². The molecule has 1 saturated heterocycles. The fourth-order valence-corrected chi connectivity index (χ4v) is 0.492. The first-order valence-corrected chi connectivity index (χ1v) is 2.15. The number of carboxylic acids is 1. The predicted octanol–water partition coefficient (Wildman–Crippen LogP) is -0.615. The first-order chi connectivity index (χ1) is 3.22. The van der Waals surface area contributed by atoms with E-state index in [9.17, 15) is 4.79 Å². The minimum Gasteiger partial charge on any atom is -0.480 e. The molecule has 0 spiro atoms. The Morgan fingerprint density at radius 2 is 2.43 bits per heavy atom. The summed E-state index contributed by atoms with van der Waals surface area (Å²) in [5, 5.41) is 8.18. The SMILES string of the molecule is CN1CC1C(=O)O. The molecule has 0 aromatic heterocycles. The van der Waals surface area contributed by atoms with Crippen LogP contribution < -0.4 is 0 Å². The first kappa shape index (κ1) is 4.59. The van der Waals surface area contributed by atoms with Crippen molar-refractivity contribution in [2.24, 2.45) is 0 Å². The summed E-state index contributed by atoms with van der Waals surface area (Å²) < 4.78 is 0. The fraction of sp³-hybridized carbons (Fsp3) is 0.750. The van der Waals surface area contributed by atoms with E-state index in [0.717, 1.165) is 6.54 Å². The molecule has 0 saturated carbocycles. The topological polar surface area (TPSA) is 40.3 Å². The lowest BCUT2D eigenvalue weighted by Gasteiger charge is -1.82. The standard InChI is InChI=1S/C4H7NO2/c1-5-2-3(5)4(6)7/h3H,2H2,1H3,(H,6,7). The van der Waals surface area contributed by atoms with Gasteiger partial charge >= 0.3 is 5.97 Å². The van der Waals surface area contributed by atoms with E-state index in [2.05, 4.69) is 0 Å². The highest BCUT2D eigenvalue weighted by molar-refractivity contribution is 5.76. The number of hydrogen-bond donors (Lipinski definition) is 1. The number of rotatable bonds is 1. The molecule has 3 heteroatoms. The maximum Gasteiger partial charge on any atom is 0.322 e. The van der Waals surface area contributed by atoms with E-state index in [0.29, 0.717) is 0 Å². The molecule has 2 atom stereocenters. The Balaban J connectivity index is 2.33. The Bertz CT molecular complexity index is 102. The second-order valence-corrected chi connectivity index (χ2v) is 1.79. The van der Waals surface area contributed by atoms with Gasteiger partial charge < -0.3 is 5.11 Å². The van der Waals surface area contributed by atoms with Crippen LogP contribution in [-0.4, -0.2) is 35.6 Å². The number of aliphatic carboxylic acids is 1. The van der Waals surface area contributed by atoms with Crippen molar-refractivity contribution < 1.29 is 9.90 Å². The van der Waals surface area contributed by atoms with Gasteiger partial charge in [-0.2, -0.15) is 0 Å². The summed E-state index contributed by atoms with van der Waals surface area (Å²) in [5.41, 5.74) is 0. The van der Waals surface area contributed by atoms with Gasteiger partial charge in [0.25, 0.3) is 0 Å². The van der Waals surface area contributed by atoms with Crippen molar-refractivity contribution in [1.82, 2.24) is 4.90 Å². The summed E-state index contributed by atoms with van der Waals surface area (Å²) in [4.78, 5) is 11.7. The van der Waals surface area contributed by atoms with Crippen molar-refractivity contribution in [1.29, 1.82) is 0 Å². The molecule has 7 heavy (non-hydrogen) atoms. The van der Waals surface area contributed by atoms with E-state index in [1.165, 1.54) is 0 Å². The second kappa shape index (κ2) is 1.20. The second-order valence-electron chi connectivity index (χ2n) is 1.79. The normalized spacial score (nSPS) is 37.9. The fourth-order valence-electron chi connectivity index (χ4n) is 0.492. The summed E-state index contributed by atoms with van der Waals surface area (Å²) in [6, 6.07) is -0.181. The molecule has 0 radical (unpaired) electrons. The van der Waals surface area contributed by atoms with Crippen LogP contribution in [0.15, 0.2) is 0 Å². The molecule has 1 aliphatic heterocycles. The van der Waals surface area contributed by atoms with E-state index < -0.39 is 5.97 Å². The molecule has 1 aliphatic rings. The van der Waals surface area contributed by atoms with Crippen LogP contribution >= 0.6 is 0 Å². The number of carboxylic acid groups (broad SMARTS) is 1. The summed E-state index contributed by atoms with van der Waals surface area (Å²) in [6.07, 6.45) is 0. The van der Waals surface area contributed by atoms with E-state index in [-0.39, 0.29) is 6.04 Å². The zero-order valence-corrected chi connectivity index (χ0v) is 4.09. The van der Waals surface area contributed by atoms with Gasteiger partial charge in [-0.3, -0.25) is 9.69 Å². The summed E-state index contributed by atoms with van der Waals surface area (Å²) in [7, 11) is 1.79. The van der Waals surface area contributed by atoms with Crippen LogP contribution in [0.3, 0.4) is 0 Å². The lowest BCUT2D eigenvalue weighted by atomic mass is 10.5. The van der Waals surface area contributed by atoms with Crippen LogP contribution in [0, 0.1) is 0 Å². The number of hydrogen-bond acceptors (Lipinski definition) is 2. The van der Waals surface area contributed by atoms with Crippen LogP contribution in [-0.2, 0) is 4.79 Å². The maximum absolute atomic E-state index is 9.93. The lowest BCUT2D eigenvalue weighted by molar-refractivity contribution is -0.137. The number of nitrogens with zero attached hydrogens (tertiary/aromatic N) is 1. The number of likely N-dealkylation sites (N-methyl/N-ethyl adjacent to an activating group) is 1. The Hall–Kier alpha value is -0.570. The zero-order valence-electron chi connectivity index (χ0n) is 4.09. The third-order valence-electron chi connectivity index (χ3n) is 1.14. The van der Waals surface area contributed by atoms with Gasteiger partial charge in [0, 0.05) is 6.54 Å². The van der Waals surface area contributed by atoms with Crippen molar-refractivity contribution in [3.05, 3.63) is 0 Å². The first-order valence-electron chi connectivity index (χ1n) is 2.15. The number of carbonyl (C=O) groups is 1.